The van der Waals surface area contributed by atoms with Crippen LogP contribution in [0, 0.1) is 12.8 Å². The predicted octanol–water partition coefficient (Wildman–Crippen LogP) is 5.09. The molecular formula is C28H27Cl2N5O5S. The molecule has 1 fully saturated rings. The number of nitrogens with zero attached hydrogens (tertiary/aromatic N) is 3. The van der Waals surface area contributed by atoms with Crippen LogP contribution in [0.4, 0.5) is 11.5 Å². The van der Waals surface area contributed by atoms with Gasteiger partial charge in [-0.2, -0.15) is 13.5 Å². The maximum atomic E-state index is 13.8. The maximum absolute atomic E-state index is 13.8. The summed E-state index contributed by atoms with van der Waals surface area (Å²) in [5.41, 5.74) is 1.56. The highest BCUT2D eigenvalue weighted by Gasteiger charge is 2.38. The highest BCUT2D eigenvalue weighted by Crippen LogP contribution is 2.34. The van der Waals surface area contributed by atoms with E-state index in [1.807, 2.05) is 6.92 Å². The summed E-state index contributed by atoms with van der Waals surface area (Å²) in [5.74, 6) is -0.306. The maximum Gasteiger partial charge on any atom is 0.295 e. The van der Waals surface area contributed by atoms with Gasteiger partial charge in [0.25, 0.3) is 16.0 Å². The number of anilines is 2. The van der Waals surface area contributed by atoms with Crippen LogP contribution in [-0.2, 0) is 14.9 Å². The molecule has 10 nitrogen and oxygen atoms in total. The number of hydrogen-bond acceptors (Lipinski definition) is 7. The van der Waals surface area contributed by atoms with Gasteiger partial charge >= 0.3 is 0 Å². The summed E-state index contributed by atoms with van der Waals surface area (Å²) in [6.45, 7) is 3.71. The van der Waals surface area contributed by atoms with E-state index < -0.39 is 22.1 Å². The summed E-state index contributed by atoms with van der Waals surface area (Å²) < 4.78 is 34.2. The normalized spacial score (nSPS) is 17.6. The van der Waals surface area contributed by atoms with Gasteiger partial charge in [0.05, 0.1) is 22.0 Å². The van der Waals surface area contributed by atoms with Crippen LogP contribution in [0.2, 0.25) is 10.0 Å². The molecule has 0 saturated heterocycles. The van der Waals surface area contributed by atoms with Crippen LogP contribution in [0.15, 0.2) is 64.7 Å². The van der Waals surface area contributed by atoms with Gasteiger partial charge in [-0.1, -0.05) is 34.8 Å². The van der Waals surface area contributed by atoms with Gasteiger partial charge in [-0.3, -0.25) is 14.1 Å². The molecule has 3 aromatic rings. The standard InChI is InChI=1S/C28H27Cl2N5O5S/c1-15-5-10-25(41(38,39)40)19(12-15)23-14-24(35(34-23)26-21(30)4-3-11-31-26)28(37)33-22-9-8-18(29)13-20(22)27(36)32-16(2)17-6-7-17/h3-5,8-13,16-17,24H,6-7,14H2,1-2H3,(H,32,36)(H,33,37)(H,38,39,40). The van der Waals surface area contributed by atoms with Crippen molar-refractivity contribution in [3.05, 3.63) is 81.5 Å². The molecule has 1 saturated carbocycles. The smallest absolute Gasteiger partial charge is 0.295 e. The highest BCUT2D eigenvalue weighted by atomic mass is 35.5. The molecule has 13 heteroatoms. The molecular weight excluding hydrogens is 589 g/mol. The Labute approximate surface area is 247 Å². The van der Waals surface area contributed by atoms with Crippen LogP contribution in [0.1, 0.15) is 47.7 Å². The number of nitrogens with one attached hydrogen (secondary N) is 2. The Morgan fingerprint density at radius 1 is 1.12 bits per heavy atom. The quantitative estimate of drug-likeness (QED) is 0.299. The van der Waals surface area contributed by atoms with Gasteiger partial charge < -0.3 is 10.6 Å². The van der Waals surface area contributed by atoms with E-state index in [0.29, 0.717) is 10.9 Å². The van der Waals surface area contributed by atoms with Gasteiger partial charge in [-0.05, 0) is 75.1 Å². The lowest BCUT2D eigenvalue weighted by Gasteiger charge is -2.23. The first-order valence-electron chi connectivity index (χ1n) is 12.9. The minimum absolute atomic E-state index is 0.0241. The van der Waals surface area contributed by atoms with E-state index in [-0.39, 0.29) is 56.6 Å². The van der Waals surface area contributed by atoms with E-state index in [0.717, 1.165) is 18.4 Å². The number of amides is 2. The Hall–Kier alpha value is -3.51. The van der Waals surface area contributed by atoms with Crippen LogP contribution < -0.4 is 15.6 Å². The fraction of sp³-hybridized carbons (Fsp3) is 0.286. The van der Waals surface area contributed by atoms with Crippen molar-refractivity contribution in [2.75, 3.05) is 10.3 Å². The van der Waals surface area contributed by atoms with Crippen molar-refractivity contribution in [1.82, 2.24) is 10.3 Å². The number of hydrogen-bond donors (Lipinski definition) is 3. The lowest BCUT2D eigenvalue weighted by Crippen LogP contribution is -2.40. The van der Waals surface area contributed by atoms with Crippen molar-refractivity contribution in [2.24, 2.45) is 11.0 Å². The molecule has 2 unspecified atom stereocenters. The molecule has 2 heterocycles. The van der Waals surface area contributed by atoms with E-state index in [9.17, 15) is 22.6 Å². The first-order chi connectivity index (χ1) is 19.4. The van der Waals surface area contributed by atoms with Gasteiger partial charge in [0.15, 0.2) is 5.82 Å². The van der Waals surface area contributed by atoms with Crippen LogP contribution in [-0.4, -0.2) is 47.6 Å². The number of benzene rings is 2. The SMILES string of the molecule is Cc1ccc(S(=O)(=O)O)c(C2=NN(c3ncccc3Cl)C(C(=O)Nc3ccc(Cl)cc3C(=O)NC(C)C3CC3)C2)c1. The molecule has 2 atom stereocenters. The number of aryl methyl sites for hydroxylation is 1. The molecule has 214 valence electrons. The van der Waals surface area contributed by atoms with Crippen molar-refractivity contribution in [3.63, 3.8) is 0 Å². The van der Waals surface area contributed by atoms with Crippen molar-refractivity contribution < 1.29 is 22.6 Å². The second-order valence-corrected chi connectivity index (χ2v) is 12.4. The van der Waals surface area contributed by atoms with Gasteiger partial charge in [-0.25, -0.2) is 9.99 Å². The fourth-order valence-electron chi connectivity index (χ4n) is 4.74. The van der Waals surface area contributed by atoms with Crippen molar-refractivity contribution >= 4 is 62.4 Å². The molecule has 5 rings (SSSR count). The average molecular weight is 617 g/mol. The zero-order chi connectivity index (χ0) is 29.5. The Balaban J connectivity index is 1.50. The van der Waals surface area contributed by atoms with E-state index in [1.165, 1.54) is 23.3 Å². The molecule has 1 aliphatic heterocycles. The zero-order valence-corrected chi connectivity index (χ0v) is 24.5. The summed E-state index contributed by atoms with van der Waals surface area (Å²) in [5, 5.41) is 12.2. The van der Waals surface area contributed by atoms with Crippen LogP contribution in [0.5, 0.6) is 0 Å². The molecule has 2 aromatic carbocycles. The first-order valence-corrected chi connectivity index (χ1v) is 15.1. The number of carbonyl (C=O) groups excluding carboxylic acids is 2. The summed E-state index contributed by atoms with van der Waals surface area (Å²) in [6, 6.07) is 11.2. The second kappa shape index (κ2) is 11.4. The molecule has 2 amide bonds. The van der Waals surface area contributed by atoms with Crippen LogP contribution in [0.25, 0.3) is 0 Å². The third kappa shape index (κ3) is 6.38. The van der Waals surface area contributed by atoms with Gasteiger partial charge in [-0.15, -0.1) is 0 Å². The molecule has 1 aliphatic carbocycles. The largest absolute Gasteiger partial charge is 0.349 e. The van der Waals surface area contributed by atoms with E-state index in [4.69, 9.17) is 23.2 Å². The molecule has 2 aliphatic rings. The van der Waals surface area contributed by atoms with Crippen molar-refractivity contribution in [1.29, 1.82) is 0 Å². The molecule has 0 bridgehead atoms. The lowest BCUT2D eigenvalue weighted by molar-refractivity contribution is -0.117. The van der Waals surface area contributed by atoms with Gasteiger partial charge in [0.1, 0.15) is 10.9 Å². The number of hydrazone groups is 1. The van der Waals surface area contributed by atoms with Gasteiger partial charge in [0.2, 0.25) is 5.91 Å². The van der Waals surface area contributed by atoms with E-state index in [2.05, 4.69) is 20.7 Å². The minimum atomic E-state index is -4.59. The second-order valence-electron chi connectivity index (χ2n) is 10.2. The van der Waals surface area contributed by atoms with Crippen LogP contribution in [0.3, 0.4) is 0 Å². The number of rotatable bonds is 8. The summed E-state index contributed by atoms with van der Waals surface area (Å²) in [4.78, 5) is 30.9. The first kappa shape index (κ1) is 29.0. The number of carbonyl (C=O) groups is 2. The molecule has 1 aromatic heterocycles. The molecule has 3 N–H and O–H groups in total. The van der Waals surface area contributed by atoms with E-state index >= 15 is 0 Å². The fourth-order valence-corrected chi connectivity index (χ4v) is 5.82. The van der Waals surface area contributed by atoms with Crippen molar-refractivity contribution in [3.8, 4) is 0 Å². The Bertz CT molecular complexity index is 1680. The summed E-state index contributed by atoms with van der Waals surface area (Å²) in [6.07, 6.45) is 3.55. The Morgan fingerprint density at radius 3 is 2.56 bits per heavy atom. The summed E-state index contributed by atoms with van der Waals surface area (Å²) in [7, 11) is -4.59. The third-order valence-electron chi connectivity index (χ3n) is 7.06. The zero-order valence-electron chi connectivity index (χ0n) is 22.1. The number of aromatic nitrogens is 1. The number of pyridine rings is 1. The molecule has 41 heavy (non-hydrogen) atoms. The average Bonchev–Trinajstić information content (AvgIpc) is 3.68. The number of halogens is 2. The predicted molar refractivity (Wildman–Crippen MR) is 157 cm³/mol. The molecule has 0 spiro atoms. The minimum Gasteiger partial charge on any atom is -0.349 e. The van der Waals surface area contributed by atoms with Gasteiger partial charge in [0, 0.05) is 29.2 Å². The van der Waals surface area contributed by atoms with E-state index in [1.54, 1.807) is 43.3 Å². The van der Waals surface area contributed by atoms with Crippen molar-refractivity contribution in [2.45, 2.75) is 50.1 Å². The van der Waals surface area contributed by atoms with Crippen LogP contribution >= 0.6 is 23.2 Å². The Kier molecular flexibility index (Phi) is 8.06. The third-order valence-corrected chi connectivity index (χ3v) is 8.51. The molecule has 0 radical (unpaired) electrons. The topological polar surface area (TPSA) is 141 Å². The highest BCUT2D eigenvalue weighted by molar-refractivity contribution is 7.86. The summed E-state index contributed by atoms with van der Waals surface area (Å²) >= 11 is 12.6. The monoisotopic (exact) mass is 615 g/mol. The Morgan fingerprint density at radius 2 is 1.88 bits per heavy atom. The lowest BCUT2D eigenvalue weighted by atomic mass is 10.0.